The Labute approximate surface area is 195 Å². The van der Waals surface area contributed by atoms with Crippen LogP contribution in [0.5, 0.6) is 0 Å². The third kappa shape index (κ3) is 10.7. The molecule has 0 aliphatic rings. The highest BCUT2D eigenvalue weighted by Gasteiger charge is 2.19. The van der Waals surface area contributed by atoms with Gasteiger partial charge in [-0.1, -0.05) is 33.8 Å². The maximum absolute atomic E-state index is 12.3. The molecule has 184 valence electrons. The molecule has 10 heteroatoms. The van der Waals surface area contributed by atoms with Crippen LogP contribution < -0.4 is 21.3 Å². The van der Waals surface area contributed by atoms with E-state index in [1.54, 1.807) is 25.1 Å². The van der Waals surface area contributed by atoms with Crippen LogP contribution in [0.15, 0.2) is 18.2 Å². The molecule has 1 aromatic rings. The van der Waals surface area contributed by atoms with Crippen LogP contribution in [0, 0.1) is 18.8 Å². The lowest BCUT2D eigenvalue weighted by Crippen LogP contribution is -2.42. The second kappa shape index (κ2) is 13.3. The van der Waals surface area contributed by atoms with Gasteiger partial charge in [0.25, 0.3) is 0 Å². The molecule has 0 saturated heterocycles. The smallest absolute Gasteiger partial charge is 0.328 e. The summed E-state index contributed by atoms with van der Waals surface area (Å²) in [5.74, 6) is -0.662. The van der Waals surface area contributed by atoms with Crippen molar-refractivity contribution in [3.8, 4) is 0 Å². The van der Waals surface area contributed by atoms with Crippen molar-refractivity contribution in [1.29, 1.82) is 0 Å². The second-order valence-corrected chi connectivity index (χ2v) is 8.72. The first-order valence-corrected chi connectivity index (χ1v) is 11.0. The van der Waals surface area contributed by atoms with Crippen molar-refractivity contribution in [2.45, 2.75) is 60.5 Å². The maximum Gasteiger partial charge on any atom is 0.328 e. The third-order valence-electron chi connectivity index (χ3n) is 4.26. The van der Waals surface area contributed by atoms with Gasteiger partial charge in [-0.15, -0.1) is 0 Å². The van der Waals surface area contributed by atoms with Gasteiger partial charge in [-0.2, -0.15) is 0 Å². The minimum absolute atomic E-state index is 0.193. The molecule has 1 aromatic carbocycles. The predicted molar refractivity (Wildman–Crippen MR) is 126 cm³/mol. The van der Waals surface area contributed by atoms with Crippen molar-refractivity contribution in [3.05, 3.63) is 23.8 Å². The minimum atomic E-state index is -0.826. The molecule has 0 heterocycles. The monoisotopic (exact) mass is 464 g/mol. The number of benzene rings is 1. The van der Waals surface area contributed by atoms with E-state index in [1.165, 1.54) is 13.8 Å². The number of hydrogen-bond donors (Lipinski definition) is 4. The van der Waals surface area contributed by atoms with E-state index in [-0.39, 0.29) is 25.0 Å². The van der Waals surface area contributed by atoms with Crippen LogP contribution >= 0.6 is 0 Å². The Kier molecular flexibility index (Phi) is 11.2. The maximum atomic E-state index is 12.3. The first-order valence-electron chi connectivity index (χ1n) is 11.0. The van der Waals surface area contributed by atoms with Crippen molar-refractivity contribution < 1.29 is 28.7 Å². The van der Waals surface area contributed by atoms with Gasteiger partial charge in [-0.05, 0) is 50.3 Å². The molecule has 0 saturated carbocycles. The Hall–Kier alpha value is -3.30. The molecule has 2 atom stereocenters. The zero-order valence-corrected chi connectivity index (χ0v) is 20.4. The standard InChI is InChI=1S/C23H36N4O6/c1-13(2)11-32-20(28)16(6)24-22(30)26-18-9-8-15(5)19(10-18)27-23(31)25-17(7)21(29)33-12-14(3)4/h8-10,13-14,16-17H,11-12H2,1-7H3,(H2,24,26,30)(H2,25,27,31). The summed E-state index contributed by atoms with van der Waals surface area (Å²) < 4.78 is 10.2. The Balaban J connectivity index is 2.65. The van der Waals surface area contributed by atoms with Gasteiger partial charge in [0, 0.05) is 11.4 Å². The molecule has 0 bridgehead atoms. The quantitative estimate of drug-likeness (QED) is 0.392. The first kappa shape index (κ1) is 27.7. The fourth-order valence-electron chi connectivity index (χ4n) is 2.42. The number of carbonyl (C=O) groups is 4. The number of hydrogen-bond acceptors (Lipinski definition) is 6. The Morgan fingerprint density at radius 1 is 0.758 bits per heavy atom. The number of urea groups is 2. The lowest BCUT2D eigenvalue weighted by atomic mass is 10.2. The van der Waals surface area contributed by atoms with Crippen molar-refractivity contribution >= 4 is 35.4 Å². The highest BCUT2D eigenvalue weighted by Crippen LogP contribution is 2.20. The number of amides is 4. The van der Waals surface area contributed by atoms with Gasteiger partial charge in [0.15, 0.2) is 0 Å². The molecule has 0 radical (unpaired) electrons. The number of nitrogens with one attached hydrogen (secondary N) is 4. The summed E-state index contributed by atoms with van der Waals surface area (Å²) in [6.07, 6.45) is 0. The molecule has 10 nitrogen and oxygen atoms in total. The van der Waals surface area contributed by atoms with E-state index in [4.69, 9.17) is 9.47 Å². The minimum Gasteiger partial charge on any atom is -0.464 e. The Morgan fingerprint density at radius 2 is 1.21 bits per heavy atom. The number of aryl methyl sites for hydroxylation is 1. The summed E-state index contributed by atoms with van der Waals surface area (Å²) in [4.78, 5) is 48.4. The molecular weight excluding hydrogens is 428 g/mol. The molecule has 4 amide bonds. The molecule has 2 unspecified atom stereocenters. The SMILES string of the molecule is Cc1ccc(NC(=O)NC(C)C(=O)OCC(C)C)cc1NC(=O)NC(C)C(=O)OCC(C)C. The number of ether oxygens (including phenoxy) is 2. The normalized spacial score (nSPS) is 12.5. The zero-order chi connectivity index (χ0) is 25.1. The van der Waals surface area contributed by atoms with E-state index >= 15 is 0 Å². The van der Waals surface area contributed by atoms with Gasteiger partial charge in [-0.3, -0.25) is 0 Å². The van der Waals surface area contributed by atoms with Crippen LogP contribution in [0.2, 0.25) is 0 Å². The number of carbonyl (C=O) groups excluding carboxylic acids is 4. The van der Waals surface area contributed by atoms with Crippen LogP contribution in [-0.4, -0.2) is 49.3 Å². The van der Waals surface area contributed by atoms with Gasteiger partial charge >= 0.3 is 24.0 Å². The number of esters is 2. The van der Waals surface area contributed by atoms with Crippen LogP contribution in [0.25, 0.3) is 0 Å². The van der Waals surface area contributed by atoms with Gasteiger partial charge in [0.1, 0.15) is 12.1 Å². The molecule has 0 aliphatic heterocycles. The second-order valence-electron chi connectivity index (χ2n) is 8.72. The van der Waals surface area contributed by atoms with Crippen molar-refractivity contribution in [1.82, 2.24) is 10.6 Å². The number of anilines is 2. The Morgan fingerprint density at radius 3 is 1.67 bits per heavy atom. The average Bonchev–Trinajstić information content (AvgIpc) is 2.72. The van der Waals surface area contributed by atoms with Gasteiger partial charge in [0.2, 0.25) is 0 Å². The summed E-state index contributed by atoms with van der Waals surface area (Å²) in [7, 11) is 0. The molecule has 0 fully saturated rings. The molecule has 33 heavy (non-hydrogen) atoms. The van der Waals surface area contributed by atoms with E-state index in [9.17, 15) is 19.2 Å². The zero-order valence-electron chi connectivity index (χ0n) is 20.4. The van der Waals surface area contributed by atoms with Crippen LogP contribution in [-0.2, 0) is 19.1 Å². The molecule has 0 spiro atoms. The summed E-state index contributed by atoms with van der Waals surface area (Å²) in [5.41, 5.74) is 1.59. The molecule has 0 aliphatic carbocycles. The molecular formula is C23H36N4O6. The first-order chi connectivity index (χ1) is 15.4. The summed E-state index contributed by atoms with van der Waals surface area (Å²) in [6.45, 7) is 13.1. The highest BCUT2D eigenvalue weighted by molar-refractivity contribution is 5.96. The fraction of sp³-hybridized carbons (Fsp3) is 0.565. The molecule has 0 aromatic heterocycles. The largest absolute Gasteiger partial charge is 0.464 e. The van der Waals surface area contributed by atoms with E-state index in [2.05, 4.69) is 21.3 Å². The molecule has 4 N–H and O–H groups in total. The lowest BCUT2D eigenvalue weighted by molar-refractivity contribution is -0.147. The van der Waals surface area contributed by atoms with Gasteiger partial charge in [0.05, 0.1) is 13.2 Å². The van der Waals surface area contributed by atoms with E-state index in [0.717, 1.165) is 5.56 Å². The summed E-state index contributed by atoms with van der Waals surface area (Å²) in [5, 5.41) is 10.3. The highest BCUT2D eigenvalue weighted by atomic mass is 16.5. The predicted octanol–water partition coefficient (Wildman–Crippen LogP) is 3.41. The van der Waals surface area contributed by atoms with Crippen LogP contribution in [0.1, 0.15) is 47.1 Å². The fourth-order valence-corrected chi connectivity index (χ4v) is 2.42. The van der Waals surface area contributed by atoms with Crippen molar-refractivity contribution in [3.63, 3.8) is 0 Å². The Bertz CT molecular complexity index is 840. The van der Waals surface area contributed by atoms with Crippen molar-refractivity contribution in [2.24, 2.45) is 11.8 Å². The molecule has 1 rings (SSSR count). The van der Waals surface area contributed by atoms with Crippen LogP contribution in [0.3, 0.4) is 0 Å². The number of rotatable bonds is 10. The summed E-state index contributed by atoms with van der Waals surface area (Å²) >= 11 is 0. The van der Waals surface area contributed by atoms with E-state index in [0.29, 0.717) is 11.4 Å². The van der Waals surface area contributed by atoms with E-state index in [1.807, 2.05) is 27.7 Å². The van der Waals surface area contributed by atoms with Crippen molar-refractivity contribution in [2.75, 3.05) is 23.8 Å². The topological polar surface area (TPSA) is 135 Å². The third-order valence-corrected chi connectivity index (χ3v) is 4.26. The van der Waals surface area contributed by atoms with Crippen LogP contribution in [0.4, 0.5) is 21.0 Å². The average molecular weight is 465 g/mol. The summed E-state index contributed by atoms with van der Waals surface area (Å²) in [6, 6.07) is 2.11. The lowest BCUT2D eigenvalue weighted by Gasteiger charge is -2.17. The van der Waals surface area contributed by atoms with E-state index < -0.39 is 36.1 Å². The van der Waals surface area contributed by atoms with Gasteiger partial charge < -0.3 is 30.7 Å². The van der Waals surface area contributed by atoms with Gasteiger partial charge in [-0.25, -0.2) is 19.2 Å².